The first-order valence-electron chi connectivity index (χ1n) is 22.8. The monoisotopic (exact) mass is 1060 g/mol. The molecular formula is C58H56N7OPt-3. The number of nitrogens with one attached hydrogen (secondary N) is 1. The first-order chi connectivity index (χ1) is 31.5. The van der Waals surface area contributed by atoms with Crippen LogP contribution in [0.1, 0.15) is 102 Å². The van der Waals surface area contributed by atoms with Crippen LogP contribution >= 0.6 is 0 Å². The Kier molecular flexibility index (Phi) is 11.8. The maximum Gasteiger partial charge on any atom is 0.147 e. The summed E-state index contributed by atoms with van der Waals surface area (Å²) in [4.78, 5) is 19.9. The number of rotatable bonds is 7. The van der Waals surface area contributed by atoms with Crippen molar-refractivity contribution in [3.63, 3.8) is 0 Å². The molecule has 67 heavy (non-hydrogen) atoms. The molecule has 1 N–H and O–H groups in total. The molecule has 1 unspecified atom stereocenters. The Bertz CT molecular complexity index is 3190. The SMILES string of the molecule is CN1[CH-]N(c2[c-]c(Oc3[c-]c4c(cc3C3=NC(c5ccc(C(C)(C)C)cc5)NC(c5ccc(C(C)(C)C)cc5)=N3)c3cc(C(C)(C)C)ccc3n4-c3ccccn3)ccc2)c2ccccc21.[Pt]. The third kappa shape index (κ3) is 8.80. The minimum atomic E-state index is -0.438. The molecular weight excluding hydrogens is 1010 g/mol. The third-order valence-corrected chi connectivity index (χ3v) is 12.7. The van der Waals surface area contributed by atoms with Gasteiger partial charge in [0.15, 0.2) is 0 Å². The molecule has 4 heterocycles. The maximum absolute atomic E-state index is 7.07. The number of benzene rings is 6. The minimum Gasteiger partial charge on any atom is -0.508 e. The van der Waals surface area contributed by atoms with Crippen molar-refractivity contribution in [3.05, 3.63) is 192 Å². The summed E-state index contributed by atoms with van der Waals surface area (Å²) in [6, 6.07) is 54.1. The molecule has 0 amide bonds. The van der Waals surface area contributed by atoms with Crippen LogP contribution in [0.25, 0.3) is 27.6 Å². The number of aromatic nitrogens is 2. The second-order valence-corrected chi connectivity index (χ2v) is 20.5. The summed E-state index contributed by atoms with van der Waals surface area (Å²) >= 11 is 0. The zero-order chi connectivity index (χ0) is 46.1. The molecule has 0 saturated carbocycles. The molecule has 2 aliphatic heterocycles. The molecule has 6 aromatic carbocycles. The van der Waals surface area contributed by atoms with Crippen LogP contribution in [0.15, 0.2) is 150 Å². The topological polar surface area (TPSA) is 70.3 Å². The van der Waals surface area contributed by atoms with Crippen LogP contribution in [0.4, 0.5) is 17.1 Å². The van der Waals surface area contributed by atoms with E-state index in [1.807, 2.05) is 42.6 Å². The van der Waals surface area contributed by atoms with Gasteiger partial charge >= 0.3 is 0 Å². The fraction of sp³-hybridized carbons (Fsp3) is 0.241. The van der Waals surface area contributed by atoms with Gasteiger partial charge in [-0.2, -0.15) is 12.7 Å². The van der Waals surface area contributed by atoms with E-state index in [4.69, 9.17) is 19.7 Å². The van der Waals surface area contributed by atoms with E-state index in [1.165, 1.54) is 16.7 Å². The Morgan fingerprint density at radius 3 is 1.99 bits per heavy atom. The summed E-state index contributed by atoms with van der Waals surface area (Å²) in [5.41, 5.74) is 11.3. The van der Waals surface area contributed by atoms with Crippen LogP contribution < -0.4 is 19.9 Å². The average molecular weight is 1060 g/mol. The van der Waals surface area contributed by atoms with Crippen LogP contribution in [0.3, 0.4) is 0 Å². The fourth-order valence-electron chi connectivity index (χ4n) is 8.79. The molecule has 0 radical (unpaired) electrons. The number of anilines is 3. The predicted molar refractivity (Wildman–Crippen MR) is 272 cm³/mol. The van der Waals surface area contributed by atoms with Gasteiger partial charge in [0, 0.05) is 61.2 Å². The van der Waals surface area contributed by atoms with E-state index < -0.39 is 6.17 Å². The summed E-state index contributed by atoms with van der Waals surface area (Å²) in [6.45, 7) is 22.2. The zero-order valence-corrected chi connectivity index (χ0v) is 42.1. The molecule has 2 aliphatic rings. The van der Waals surface area contributed by atoms with Crippen molar-refractivity contribution in [3.8, 4) is 17.3 Å². The molecule has 2 aromatic heterocycles. The molecule has 0 fully saturated rings. The van der Waals surface area contributed by atoms with Gasteiger partial charge in [0.2, 0.25) is 0 Å². The summed E-state index contributed by atoms with van der Waals surface area (Å²) in [5, 5.41) is 5.79. The molecule has 10 rings (SSSR count). The van der Waals surface area contributed by atoms with Crippen LogP contribution in [0.5, 0.6) is 11.5 Å². The molecule has 1 atom stereocenters. The van der Waals surface area contributed by atoms with Gasteiger partial charge in [-0.25, -0.2) is 15.0 Å². The van der Waals surface area contributed by atoms with Gasteiger partial charge in [0.25, 0.3) is 0 Å². The standard InChI is InChI=1S/C58H56N7O.Pt/c1-56(2,3)39-25-21-37(22-26-39)53-60-54(38-23-27-40(28-24-38)57(4,5)6)62-55(61-53)46-34-45-44-32-41(58(7,8)9)29-30-47(44)65(52-20-13-14-31-59-52)50(45)35-51(46)66-43-17-15-16-42(33-43)64-36-63(10)48-18-11-12-19-49(48)64;/h11-32,34,36,53H,1-10H3,(H,60,61,62);/q-3;. The van der Waals surface area contributed by atoms with Crippen LogP contribution in [0.2, 0.25) is 0 Å². The largest absolute Gasteiger partial charge is 0.508 e. The van der Waals surface area contributed by atoms with Crippen molar-refractivity contribution < 1.29 is 25.8 Å². The second-order valence-electron chi connectivity index (χ2n) is 20.5. The van der Waals surface area contributed by atoms with Crippen molar-refractivity contribution in [2.45, 2.75) is 84.7 Å². The number of para-hydroxylation sites is 2. The molecule has 8 nitrogen and oxygen atoms in total. The summed E-state index contributed by atoms with van der Waals surface area (Å²) in [7, 11) is 2.06. The first kappa shape index (κ1) is 45.6. The van der Waals surface area contributed by atoms with Crippen molar-refractivity contribution in [2.75, 3.05) is 16.8 Å². The number of hydrogen-bond acceptors (Lipinski definition) is 7. The Labute approximate surface area is 409 Å². The van der Waals surface area contributed by atoms with Gasteiger partial charge < -0.3 is 24.4 Å². The number of hydrogen-bond donors (Lipinski definition) is 1. The number of fused-ring (bicyclic) bond motifs is 4. The van der Waals surface area contributed by atoms with Gasteiger partial charge in [-0.3, -0.25) is 0 Å². The maximum atomic E-state index is 7.07. The average Bonchev–Trinajstić information content (AvgIpc) is 3.81. The van der Waals surface area contributed by atoms with Crippen molar-refractivity contribution in [2.24, 2.45) is 9.98 Å². The Hall–Kier alpha value is -6.50. The molecule has 0 spiro atoms. The van der Waals surface area contributed by atoms with Crippen LogP contribution in [-0.4, -0.2) is 28.3 Å². The van der Waals surface area contributed by atoms with Gasteiger partial charge in [-0.05, 0) is 86.8 Å². The van der Waals surface area contributed by atoms with Gasteiger partial charge in [0.05, 0.1) is 0 Å². The number of ether oxygens (including phenoxy) is 1. The number of pyridine rings is 1. The van der Waals surface area contributed by atoms with Crippen LogP contribution in [-0.2, 0) is 37.3 Å². The van der Waals surface area contributed by atoms with E-state index in [-0.39, 0.29) is 37.3 Å². The quantitative estimate of drug-likeness (QED) is 0.161. The molecule has 9 heteroatoms. The van der Waals surface area contributed by atoms with Crippen molar-refractivity contribution in [1.82, 2.24) is 14.9 Å². The Balaban J connectivity index is 0.00000562. The summed E-state index contributed by atoms with van der Waals surface area (Å²) in [6.07, 6.45) is 1.39. The summed E-state index contributed by atoms with van der Waals surface area (Å²) in [5.74, 6) is 3.05. The van der Waals surface area contributed by atoms with E-state index in [0.717, 1.165) is 61.6 Å². The fourth-order valence-corrected chi connectivity index (χ4v) is 8.79. The third-order valence-electron chi connectivity index (χ3n) is 12.7. The molecule has 0 bridgehead atoms. The summed E-state index contributed by atoms with van der Waals surface area (Å²) < 4.78 is 9.25. The van der Waals surface area contributed by atoms with Crippen LogP contribution in [0, 0.1) is 18.8 Å². The Morgan fingerprint density at radius 2 is 1.31 bits per heavy atom. The number of nitrogens with zero attached hydrogens (tertiary/aromatic N) is 6. The number of aliphatic imine (C=N–C) groups is 2. The van der Waals surface area contributed by atoms with E-state index in [2.05, 4.69) is 205 Å². The molecule has 342 valence electrons. The predicted octanol–water partition coefficient (Wildman–Crippen LogP) is 13.7. The van der Waals surface area contributed by atoms with Gasteiger partial charge in [0.1, 0.15) is 23.7 Å². The molecule has 0 saturated heterocycles. The molecule has 0 aliphatic carbocycles. The molecule has 8 aromatic rings. The van der Waals surface area contributed by atoms with E-state index >= 15 is 0 Å². The van der Waals surface area contributed by atoms with Gasteiger partial charge in [-0.1, -0.05) is 147 Å². The van der Waals surface area contributed by atoms with E-state index in [0.29, 0.717) is 22.9 Å². The second kappa shape index (κ2) is 17.3. The van der Waals surface area contributed by atoms with E-state index in [1.54, 1.807) is 0 Å². The smallest absolute Gasteiger partial charge is 0.147 e. The Morgan fingerprint density at radius 1 is 0.657 bits per heavy atom. The zero-order valence-electron chi connectivity index (χ0n) is 39.8. The van der Waals surface area contributed by atoms with E-state index in [9.17, 15) is 0 Å². The normalized spacial score (nSPS) is 15.2. The first-order valence-corrected chi connectivity index (χ1v) is 22.8. The van der Waals surface area contributed by atoms with Crippen molar-refractivity contribution >= 4 is 50.5 Å². The minimum absolute atomic E-state index is 0. The van der Waals surface area contributed by atoms with Gasteiger partial charge in [-0.15, -0.1) is 41.4 Å². The number of amidine groups is 2. The van der Waals surface area contributed by atoms with Crippen molar-refractivity contribution in [1.29, 1.82) is 0 Å².